The molecule has 0 radical (unpaired) electrons. The summed E-state index contributed by atoms with van der Waals surface area (Å²) < 4.78 is 0. The van der Waals surface area contributed by atoms with Crippen LogP contribution in [0.4, 0.5) is 0 Å². The summed E-state index contributed by atoms with van der Waals surface area (Å²) in [7, 11) is 0. The van der Waals surface area contributed by atoms with Gasteiger partial charge >= 0.3 is 5.97 Å². The van der Waals surface area contributed by atoms with Gasteiger partial charge in [-0.1, -0.05) is 66.7 Å². The van der Waals surface area contributed by atoms with E-state index in [2.05, 4.69) is 12.1 Å². The molecular weight excluding hydrogens is 312 g/mol. The molecule has 25 heavy (non-hydrogen) atoms. The van der Waals surface area contributed by atoms with Crippen LogP contribution in [0.3, 0.4) is 0 Å². The molecule has 0 unspecified atom stereocenters. The average molecular weight is 324 g/mol. The molecule has 5 rings (SSSR count). The van der Waals surface area contributed by atoms with Crippen LogP contribution in [-0.4, -0.2) is 16.9 Å². The number of ketones is 1. The van der Waals surface area contributed by atoms with Crippen LogP contribution in [0.15, 0.2) is 66.7 Å². The fourth-order valence-electron chi connectivity index (χ4n) is 3.95. The molecule has 3 nitrogen and oxygen atoms in total. The Hall–Kier alpha value is -3.46. The second kappa shape index (κ2) is 4.77. The van der Waals surface area contributed by atoms with Crippen LogP contribution in [0, 0.1) is 0 Å². The molecule has 0 aliphatic rings. The monoisotopic (exact) mass is 324 g/mol. The first-order chi connectivity index (χ1) is 12.2. The molecule has 5 aromatic carbocycles. The van der Waals surface area contributed by atoms with Crippen LogP contribution in [0.2, 0.25) is 0 Å². The number of Topliss-reactive ketones (excluding diaryl/α,β-unsaturated/α-hetero) is 1. The largest absolute Gasteiger partial charge is 0.475 e. The zero-order chi connectivity index (χ0) is 17.1. The zero-order valence-electron chi connectivity index (χ0n) is 13.1. The summed E-state index contributed by atoms with van der Waals surface area (Å²) in [6.45, 7) is 0. The SMILES string of the molecule is O=C(O)C(=O)c1c2ccccc2c2ccc3cccc4ccc1c2c43. The maximum atomic E-state index is 12.5. The minimum absolute atomic E-state index is 0.272. The van der Waals surface area contributed by atoms with E-state index in [1.165, 1.54) is 0 Å². The lowest BCUT2D eigenvalue weighted by Crippen LogP contribution is -2.14. The summed E-state index contributed by atoms with van der Waals surface area (Å²) in [5, 5.41) is 16.9. The molecule has 5 aromatic rings. The Bertz CT molecular complexity index is 1320. The third kappa shape index (κ3) is 1.75. The molecule has 0 amide bonds. The second-order valence-electron chi connectivity index (χ2n) is 6.24. The van der Waals surface area contributed by atoms with Gasteiger partial charge < -0.3 is 5.11 Å². The van der Waals surface area contributed by atoms with Gasteiger partial charge in [0, 0.05) is 5.56 Å². The van der Waals surface area contributed by atoms with Gasteiger partial charge in [-0.05, 0) is 43.1 Å². The number of rotatable bonds is 2. The summed E-state index contributed by atoms with van der Waals surface area (Å²) in [6.07, 6.45) is 0. The molecule has 0 saturated heterocycles. The smallest absolute Gasteiger partial charge is 0.377 e. The lowest BCUT2D eigenvalue weighted by Gasteiger charge is -2.16. The van der Waals surface area contributed by atoms with E-state index in [1.54, 1.807) is 0 Å². The number of carboxylic acids is 1. The highest BCUT2D eigenvalue weighted by atomic mass is 16.4. The predicted octanol–water partition coefficient (Wildman–Crippen LogP) is 5.00. The van der Waals surface area contributed by atoms with Crippen molar-refractivity contribution in [3.63, 3.8) is 0 Å². The van der Waals surface area contributed by atoms with Crippen LogP contribution < -0.4 is 0 Å². The molecule has 0 fully saturated rings. The van der Waals surface area contributed by atoms with Gasteiger partial charge in [0.25, 0.3) is 5.78 Å². The van der Waals surface area contributed by atoms with E-state index in [0.717, 1.165) is 32.3 Å². The van der Waals surface area contributed by atoms with Crippen LogP contribution in [0.1, 0.15) is 10.4 Å². The Morgan fingerprint density at radius 2 is 1.24 bits per heavy atom. The third-order valence-electron chi connectivity index (χ3n) is 4.95. The lowest BCUT2D eigenvalue weighted by molar-refractivity contribution is -0.131. The van der Waals surface area contributed by atoms with Gasteiger partial charge in [0.2, 0.25) is 0 Å². The first-order valence-electron chi connectivity index (χ1n) is 8.02. The van der Waals surface area contributed by atoms with Crippen molar-refractivity contribution in [1.29, 1.82) is 0 Å². The number of aliphatic carboxylic acids is 1. The Morgan fingerprint density at radius 3 is 1.92 bits per heavy atom. The molecule has 1 N–H and O–H groups in total. The number of carboxylic acid groups (broad SMARTS) is 1. The normalized spacial score (nSPS) is 11.7. The lowest BCUT2D eigenvalue weighted by atomic mass is 9.86. The van der Waals surface area contributed by atoms with Gasteiger partial charge in [-0.3, -0.25) is 4.79 Å². The maximum absolute atomic E-state index is 12.5. The topological polar surface area (TPSA) is 54.4 Å². The van der Waals surface area contributed by atoms with E-state index in [-0.39, 0.29) is 5.56 Å². The molecule has 0 atom stereocenters. The second-order valence-corrected chi connectivity index (χ2v) is 6.24. The van der Waals surface area contributed by atoms with Crippen molar-refractivity contribution in [3.8, 4) is 0 Å². The first-order valence-corrected chi connectivity index (χ1v) is 8.02. The summed E-state index contributed by atoms with van der Waals surface area (Å²) in [4.78, 5) is 24.0. The Kier molecular flexibility index (Phi) is 2.66. The van der Waals surface area contributed by atoms with Gasteiger partial charge in [0.05, 0.1) is 0 Å². The van der Waals surface area contributed by atoms with E-state index < -0.39 is 11.8 Å². The fourth-order valence-corrected chi connectivity index (χ4v) is 3.95. The van der Waals surface area contributed by atoms with E-state index in [0.29, 0.717) is 10.8 Å². The summed E-state index contributed by atoms with van der Waals surface area (Å²) in [5.41, 5.74) is 0.272. The number of fused-ring (bicyclic) bond motifs is 2. The van der Waals surface area contributed by atoms with E-state index >= 15 is 0 Å². The minimum Gasteiger partial charge on any atom is -0.475 e. The van der Waals surface area contributed by atoms with Crippen molar-refractivity contribution in [1.82, 2.24) is 0 Å². The third-order valence-corrected chi connectivity index (χ3v) is 4.95. The number of benzene rings is 5. The first kappa shape index (κ1) is 13.9. The Balaban J connectivity index is 2.17. The van der Waals surface area contributed by atoms with Gasteiger partial charge in [-0.25, -0.2) is 4.79 Å². The highest BCUT2D eigenvalue weighted by molar-refractivity contribution is 6.47. The summed E-state index contributed by atoms with van der Waals surface area (Å²) >= 11 is 0. The average Bonchev–Trinajstić information content (AvgIpc) is 2.65. The molecule has 0 aliphatic carbocycles. The summed E-state index contributed by atoms with van der Waals surface area (Å²) in [6, 6.07) is 21.5. The van der Waals surface area contributed by atoms with Crippen LogP contribution in [0.5, 0.6) is 0 Å². The molecule has 0 aromatic heterocycles. The van der Waals surface area contributed by atoms with Crippen molar-refractivity contribution in [2.45, 2.75) is 0 Å². The van der Waals surface area contributed by atoms with Crippen molar-refractivity contribution in [2.75, 3.05) is 0 Å². The van der Waals surface area contributed by atoms with Crippen molar-refractivity contribution in [3.05, 3.63) is 72.3 Å². The van der Waals surface area contributed by atoms with Crippen molar-refractivity contribution >= 4 is 54.8 Å². The van der Waals surface area contributed by atoms with E-state index in [4.69, 9.17) is 0 Å². The van der Waals surface area contributed by atoms with Crippen molar-refractivity contribution in [2.24, 2.45) is 0 Å². The van der Waals surface area contributed by atoms with Crippen LogP contribution >= 0.6 is 0 Å². The highest BCUT2D eigenvalue weighted by Crippen LogP contribution is 2.40. The Labute approximate surface area is 142 Å². The molecular formula is C22H12O3. The van der Waals surface area contributed by atoms with Gasteiger partial charge in [-0.15, -0.1) is 0 Å². The molecule has 0 saturated carbocycles. The van der Waals surface area contributed by atoms with Gasteiger partial charge in [-0.2, -0.15) is 0 Å². The standard InChI is InChI=1S/C22H12O3/c23-21(22(24)25)20-15-7-2-1-6-14(15)16-10-8-12-4-3-5-13-9-11-17(20)19(16)18(12)13/h1-11H,(H,24,25). The van der Waals surface area contributed by atoms with Crippen LogP contribution in [0.25, 0.3) is 43.1 Å². The quantitative estimate of drug-likeness (QED) is 0.215. The van der Waals surface area contributed by atoms with Crippen molar-refractivity contribution < 1.29 is 14.7 Å². The predicted molar refractivity (Wildman–Crippen MR) is 99.6 cm³/mol. The maximum Gasteiger partial charge on any atom is 0.377 e. The highest BCUT2D eigenvalue weighted by Gasteiger charge is 2.23. The number of carbonyl (C=O) groups is 2. The molecule has 0 spiro atoms. The number of hydrogen-bond acceptors (Lipinski definition) is 2. The Morgan fingerprint density at radius 1 is 0.600 bits per heavy atom. The van der Waals surface area contributed by atoms with Gasteiger partial charge in [0.15, 0.2) is 0 Å². The molecule has 3 heteroatoms. The fraction of sp³-hybridized carbons (Fsp3) is 0. The van der Waals surface area contributed by atoms with Crippen LogP contribution in [-0.2, 0) is 4.79 Å². The zero-order valence-corrected chi connectivity index (χ0v) is 13.1. The van der Waals surface area contributed by atoms with E-state index in [9.17, 15) is 14.7 Å². The minimum atomic E-state index is -1.43. The number of carbonyl (C=O) groups excluding carboxylic acids is 1. The van der Waals surface area contributed by atoms with E-state index in [1.807, 2.05) is 54.6 Å². The molecule has 0 aliphatic heterocycles. The molecule has 0 heterocycles. The summed E-state index contributed by atoms with van der Waals surface area (Å²) in [5.74, 6) is -2.30. The molecule has 0 bridgehead atoms. The number of hydrogen-bond donors (Lipinski definition) is 1. The molecule has 118 valence electrons. The van der Waals surface area contributed by atoms with Gasteiger partial charge in [0.1, 0.15) is 0 Å².